The predicted molar refractivity (Wildman–Crippen MR) is 97.2 cm³/mol. The van der Waals surface area contributed by atoms with E-state index in [2.05, 4.69) is 9.97 Å². The lowest BCUT2D eigenvalue weighted by Crippen LogP contribution is -2.30. The largest absolute Gasteiger partial charge is 0.339 e. The van der Waals surface area contributed by atoms with Crippen molar-refractivity contribution in [3.05, 3.63) is 57.0 Å². The van der Waals surface area contributed by atoms with Crippen molar-refractivity contribution in [2.24, 2.45) is 0 Å². The second kappa shape index (κ2) is 8.44. The van der Waals surface area contributed by atoms with Crippen LogP contribution in [-0.2, 0) is 11.2 Å². The number of hydrogen-bond acceptors (Lipinski definition) is 4. The molecule has 0 aliphatic heterocycles. The first-order valence-electron chi connectivity index (χ1n) is 8.09. The van der Waals surface area contributed by atoms with E-state index in [4.69, 9.17) is 0 Å². The Balaban J connectivity index is 2.07. The Morgan fingerprint density at radius 2 is 2.04 bits per heavy atom. The highest BCUT2D eigenvalue weighted by Gasteiger charge is 2.19. The number of aryl methyl sites for hydroxylation is 1. The van der Waals surface area contributed by atoms with E-state index in [-0.39, 0.29) is 24.3 Å². The fourth-order valence-corrected chi connectivity index (χ4v) is 3.02. The molecule has 1 atom stereocenters. The van der Waals surface area contributed by atoms with Crippen molar-refractivity contribution in [2.75, 3.05) is 13.3 Å². The van der Waals surface area contributed by atoms with E-state index in [0.29, 0.717) is 22.0 Å². The number of H-pyrrole nitrogens is 1. The molecule has 0 aliphatic rings. The maximum Gasteiger partial charge on any atom is 0.254 e. The van der Waals surface area contributed by atoms with E-state index in [1.165, 1.54) is 22.7 Å². The summed E-state index contributed by atoms with van der Waals surface area (Å²) in [5, 5.41) is 0.534. The molecule has 0 saturated carbocycles. The monoisotopic (exact) mass is 381 g/mol. The molecule has 0 fully saturated rings. The van der Waals surface area contributed by atoms with Crippen LogP contribution in [0.2, 0.25) is 0 Å². The first-order valence-corrected chi connectivity index (χ1v) is 9.31. The van der Waals surface area contributed by atoms with Gasteiger partial charge < -0.3 is 9.88 Å². The van der Waals surface area contributed by atoms with Crippen LogP contribution in [0, 0.1) is 18.6 Å². The number of carbonyl (C=O) groups is 1. The molecule has 5 nitrogen and oxygen atoms in total. The second-order valence-electron chi connectivity index (χ2n) is 5.99. The highest BCUT2D eigenvalue weighted by Crippen LogP contribution is 2.22. The Kier molecular flexibility index (Phi) is 6.52. The van der Waals surface area contributed by atoms with Crippen LogP contribution in [0.4, 0.5) is 8.78 Å². The van der Waals surface area contributed by atoms with Gasteiger partial charge in [-0.3, -0.25) is 9.59 Å². The van der Waals surface area contributed by atoms with Gasteiger partial charge in [-0.1, -0.05) is 17.8 Å². The number of halogens is 2. The number of aromatic nitrogens is 2. The minimum Gasteiger partial charge on any atom is -0.339 e. The van der Waals surface area contributed by atoms with Gasteiger partial charge in [-0.05, 0) is 44.2 Å². The Morgan fingerprint density at radius 3 is 2.62 bits per heavy atom. The highest BCUT2D eigenvalue weighted by molar-refractivity contribution is 7.98. The number of hydrogen-bond donors (Lipinski definition) is 1. The first-order chi connectivity index (χ1) is 12.2. The van der Waals surface area contributed by atoms with E-state index in [0.717, 1.165) is 12.1 Å². The SMILES string of the molecule is CSc1nc(C)c(CCC(=O)N(C)C(C)c2ccc(F)c(F)c2)c(=O)[nH]1. The average molecular weight is 381 g/mol. The Labute approximate surface area is 154 Å². The molecule has 1 aromatic heterocycles. The molecule has 0 aliphatic carbocycles. The molecule has 1 N–H and O–H groups in total. The van der Waals surface area contributed by atoms with Gasteiger partial charge in [0.2, 0.25) is 5.91 Å². The van der Waals surface area contributed by atoms with Crippen molar-refractivity contribution < 1.29 is 13.6 Å². The van der Waals surface area contributed by atoms with Crippen LogP contribution >= 0.6 is 11.8 Å². The molecule has 140 valence electrons. The zero-order chi connectivity index (χ0) is 19.4. The summed E-state index contributed by atoms with van der Waals surface area (Å²) >= 11 is 1.34. The molecule has 1 heterocycles. The number of thioether (sulfide) groups is 1. The van der Waals surface area contributed by atoms with Gasteiger partial charge >= 0.3 is 0 Å². The van der Waals surface area contributed by atoms with Crippen LogP contribution in [0.3, 0.4) is 0 Å². The quantitative estimate of drug-likeness (QED) is 0.616. The maximum absolute atomic E-state index is 13.4. The van der Waals surface area contributed by atoms with E-state index >= 15 is 0 Å². The van der Waals surface area contributed by atoms with Gasteiger partial charge in [0.15, 0.2) is 16.8 Å². The lowest BCUT2D eigenvalue weighted by molar-refractivity contribution is -0.131. The molecule has 0 radical (unpaired) electrons. The number of rotatable bonds is 6. The molecule has 0 saturated heterocycles. The van der Waals surface area contributed by atoms with Crippen LogP contribution in [-0.4, -0.2) is 34.1 Å². The number of carbonyl (C=O) groups excluding carboxylic acids is 1. The van der Waals surface area contributed by atoms with Crippen molar-refractivity contribution in [3.8, 4) is 0 Å². The third-order valence-corrected chi connectivity index (χ3v) is 4.96. The van der Waals surface area contributed by atoms with Crippen molar-refractivity contribution >= 4 is 17.7 Å². The summed E-state index contributed by atoms with van der Waals surface area (Å²) in [5.41, 5.74) is 1.33. The van der Waals surface area contributed by atoms with Crippen molar-refractivity contribution in [3.63, 3.8) is 0 Å². The Hall–Kier alpha value is -2.22. The minimum atomic E-state index is -0.947. The standard InChI is InChI=1S/C18H21F2N3O2S/c1-10-13(17(25)22-18(21-10)26-4)6-8-16(24)23(3)11(2)12-5-7-14(19)15(20)9-12/h5,7,9,11H,6,8H2,1-4H3,(H,21,22,25). The van der Waals surface area contributed by atoms with Crippen molar-refractivity contribution in [2.45, 2.75) is 37.9 Å². The van der Waals surface area contributed by atoms with Gasteiger partial charge in [0.05, 0.1) is 6.04 Å². The van der Waals surface area contributed by atoms with Gasteiger partial charge in [-0.2, -0.15) is 0 Å². The molecule has 2 aromatic rings. The van der Waals surface area contributed by atoms with E-state index in [9.17, 15) is 18.4 Å². The van der Waals surface area contributed by atoms with Crippen LogP contribution in [0.5, 0.6) is 0 Å². The molecule has 0 bridgehead atoms. The first kappa shape index (κ1) is 20.1. The van der Waals surface area contributed by atoms with Crippen LogP contribution < -0.4 is 5.56 Å². The van der Waals surface area contributed by atoms with Crippen LogP contribution in [0.15, 0.2) is 28.2 Å². The second-order valence-corrected chi connectivity index (χ2v) is 6.79. The summed E-state index contributed by atoms with van der Waals surface area (Å²) in [7, 11) is 1.60. The molecule has 1 aromatic carbocycles. The fraction of sp³-hybridized carbons (Fsp3) is 0.389. The summed E-state index contributed by atoms with van der Waals surface area (Å²) in [6, 6.07) is 3.16. The predicted octanol–water partition coefficient (Wildman–Crippen LogP) is 3.23. The lowest BCUT2D eigenvalue weighted by atomic mass is 10.1. The zero-order valence-electron chi connectivity index (χ0n) is 15.1. The van der Waals surface area contributed by atoms with Gasteiger partial charge in [0.25, 0.3) is 5.56 Å². The van der Waals surface area contributed by atoms with Crippen molar-refractivity contribution in [1.29, 1.82) is 0 Å². The third-order valence-electron chi connectivity index (χ3n) is 4.38. The van der Waals surface area contributed by atoms with E-state index in [1.807, 2.05) is 6.26 Å². The number of nitrogens with zero attached hydrogens (tertiary/aromatic N) is 2. The highest BCUT2D eigenvalue weighted by atomic mass is 32.2. The topological polar surface area (TPSA) is 66.1 Å². The maximum atomic E-state index is 13.4. The molecule has 26 heavy (non-hydrogen) atoms. The molecular formula is C18H21F2N3O2S. The smallest absolute Gasteiger partial charge is 0.254 e. The summed E-state index contributed by atoms with van der Waals surface area (Å²) in [6.45, 7) is 3.47. The Morgan fingerprint density at radius 1 is 1.35 bits per heavy atom. The summed E-state index contributed by atoms with van der Waals surface area (Å²) in [5.74, 6) is -2.07. The fourth-order valence-electron chi connectivity index (χ4n) is 2.60. The normalized spacial score (nSPS) is 12.1. The van der Waals surface area contributed by atoms with Crippen LogP contribution in [0.25, 0.3) is 0 Å². The molecule has 1 amide bonds. The molecule has 8 heteroatoms. The van der Waals surface area contributed by atoms with Gasteiger partial charge in [0.1, 0.15) is 0 Å². The third kappa shape index (κ3) is 4.49. The number of nitrogens with one attached hydrogen (secondary N) is 1. The minimum absolute atomic E-state index is 0.120. The summed E-state index contributed by atoms with van der Waals surface area (Å²) < 4.78 is 26.5. The molecule has 2 rings (SSSR count). The van der Waals surface area contributed by atoms with Crippen molar-refractivity contribution in [1.82, 2.24) is 14.9 Å². The zero-order valence-corrected chi connectivity index (χ0v) is 15.9. The number of amides is 1. The van der Waals surface area contributed by atoms with Gasteiger partial charge in [-0.15, -0.1) is 0 Å². The van der Waals surface area contributed by atoms with E-state index in [1.54, 1.807) is 20.9 Å². The average Bonchev–Trinajstić information content (AvgIpc) is 2.61. The van der Waals surface area contributed by atoms with Gasteiger partial charge in [0, 0.05) is 24.7 Å². The number of benzene rings is 1. The lowest BCUT2D eigenvalue weighted by Gasteiger charge is -2.25. The van der Waals surface area contributed by atoms with E-state index < -0.39 is 17.7 Å². The molecule has 0 spiro atoms. The van der Waals surface area contributed by atoms with Gasteiger partial charge in [-0.25, -0.2) is 13.8 Å². The Bertz CT molecular complexity index is 870. The molecular weight excluding hydrogens is 360 g/mol. The summed E-state index contributed by atoms with van der Waals surface area (Å²) in [6.07, 6.45) is 2.20. The number of aromatic amines is 1. The molecule has 1 unspecified atom stereocenters. The summed E-state index contributed by atoms with van der Waals surface area (Å²) in [4.78, 5) is 33.0. The van der Waals surface area contributed by atoms with Crippen LogP contribution in [0.1, 0.15) is 36.2 Å².